The quantitative estimate of drug-likeness (QED) is 0.927. The van der Waals surface area contributed by atoms with Gasteiger partial charge in [0, 0.05) is 16.6 Å². The Hall–Kier alpha value is -1.46. The number of hydrogen-bond donors (Lipinski definition) is 1. The SMILES string of the molecule is NCc1ccc(COc2cccc(F)c2F)c(Br)c1. The number of nitrogens with two attached hydrogens (primary N) is 1. The lowest BCUT2D eigenvalue weighted by atomic mass is 10.1. The molecule has 2 aromatic rings. The van der Waals surface area contributed by atoms with E-state index in [0.29, 0.717) is 6.54 Å². The molecule has 0 aliphatic heterocycles. The highest BCUT2D eigenvalue weighted by Crippen LogP contribution is 2.23. The first kappa shape index (κ1) is 14.0. The summed E-state index contributed by atoms with van der Waals surface area (Å²) in [7, 11) is 0. The highest BCUT2D eigenvalue weighted by Gasteiger charge is 2.09. The van der Waals surface area contributed by atoms with E-state index in [1.165, 1.54) is 12.1 Å². The van der Waals surface area contributed by atoms with E-state index in [9.17, 15) is 8.78 Å². The molecular weight excluding hydrogens is 316 g/mol. The first-order valence-electron chi connectivity index (χ1n) is 5.66. The van der Waals surface area contributed by atoms with Crippen molar-refractivity contribution in [3.05, 3.63) is 63.6 Å². The number of halogens is 3. The van der Waals surface area contributed by atoms with Crippen molar-refractivity contribution in [3.63, 3.8) is 0 Å². The second-order valence-electron chi connectivity index (χ2n) is 3.97. The zero-order chi connectivity index (χ0) is 13.8. The fourth-order valence-electron chi connectivity index (χ4n) is 1.59. The minimum absolute atomic E-state index is 0.102. The predicted octanol–water partition coefficient (Wildman–Crippen LogP) is 3.77. The molecule has 0 radical (unpaired) electrons. The summed E-state index contributed by atoms with van der Waals surface area (Å²) in [5.74, 6) is -2.00. The fourth-order valence-corrected chi connectivity index (χ4v) is 2.13. The van der Waals surface area contributed by atoms with Crippen molar-refractivity contribution < 1.29 is 13.5 Å². The molecular formula is C14H12BrF2NO. The zero-order valence-electron chi connectivity index (χ0n) is 10.00. The molecule has 0 heterocycles. The molecule has 100 valence electrons. The molecule has 0 amide bonds. The summed E-state index contributed by atoms with van der Waals surface area (Å²) < 4.78 is 32.5. The van der Waals surface area contributed by atoms with Crippen molar-refractivity contribution in [3.8, 4) is 5.75 Å². The van der Waals surface area contributed by atoms with Gasteiger partial charge in [0.1, 0.15) is 6.61 Å². The molecule has 0 saturated carbocycles. The predicted molar refractivity (Wildman–Crippen MR) is 72.7 cm³/mol. The van der Waals surface area contributed by atoms with Crippen LogP contribution in [0.1, 0.15) is 11.1 Å². The van der Waals surface area contributed by atoms with Gasteiger partial charge in [-0.1, -0.05) is 34.1 Å². The van der Waals surface area contributed by atoms with Crippen molar-refractivity contribution in [1.82, 2.24) is 0 Å². The summed E-state index contributed by atoms with van der Waals surface area (Å²) in [6.07, 6.45) is 0. The molecule has 0 aliphatic carbocycles. The highest BCUT2D eigenvalue weighted by molar-refractivity contribution is 9.10. The summed E-state index contributed by atoms with van der Waals surface area (Å²) in [5, 5.41) is 0. The summed E-state index contributed by atoms with van der Waals surface area (Å²) >= 11 is 3.39. The van der Waals surface area contributed by atoms with Crippen molar-refractivity contribution in [1.29, 1.82) is 0 Å². The molecule has 2 aromatic carbocycles. The second-order valence-corrected chi connectivity index (χ2v) is 4.82. The Morgan fingerprint density at radius 1 is 1.16 bits per heavy atom. The minimum atomic E-state index is -0.975. The van der Waals surface area contributed by atoms with E-state index in [4.69, 9.17) is 10.5 Å². The van der Waals surface area contributed by atoms with E-state index >= 15 is 0 Å². The maximum atomic E-state index is 13.4. The smallest absolute Gasteiger partial charge is 0.200 e. The third kappa shape index (κ3) is 3.30. The van der Waals surface area contributed by atoms with Crippen molar-refractivity contribution in [2.75, 3.05) is 0 Å². The van der Waals surface area contributed by atoms with E-state index in [1.807, 2.05) is 18.2 Å². The van der Waals surface area contributed by atoms with E-state index in [-0.39, 0.29) is 12.4 Å². The third-order valence-corrected chi connectivity index (χ3v) is 3.39. The van der Waals surface area contributed by atoms with Crippen LogP contribution in [0.3, 0.4) is 0 Å². The molecule has 0 saturated heterocycles. The van der Waals surface area contributed by atoms with Crippen LogP contribution < -0.4 is 10.5 Å². The monoisotopic (exact) mass is 327 g/mol. The average molecular weight is 328 g/mol. The fraction of sp³-hybridized carbons (Fsp3) is 0.143. The van der Waals surface area contributed by atoms with E-state index in [1.54, 1.807) is 0 Å². The largest absolute Gasteiger partial charge is 0.486 e. The number of benzene rings is 2. The van der Waals surface area contributed by atoms with Crippen LogP contribution in [0, 0.1) is 11.6 Å². The molecule has 2 rings (SSSR count). The Balaban J connectivity index is 2.12. The second kappa shape index (κ2) is 6.12. The Labute approximate surface area is 118 Å². The highest BCUT2D eigenvalue weighted by atomic mass is 79.9. The van der Waals surface area contributed by atoms with E-state index < -0.39 is 11.6 Å². The Morgan fingerprint density at radius 3 is 2.63 bits per heavy atom. The zero-order valence-corrected chi connectivity index (χ0v) is 11.6. The normalized spacial score (nSPS) is 10.5. The molecule has 0 bridgehead atoms. The molecule has 2 N–H and O–H groups in total. The molecule has 0 atom stereocenters. The summed E-state index contributed by atoms with van der Waals surface area (Å²) in [4.78, 5) is 0. The number of rotatable bonds is 4. The van der Waals surface area contributed by atoms with Crippen LogP contribution in [-0.4, -0.2) is 0 Å². The molecule has 5 heteroatoms. The number of ether oxygens (including phenoxy) is 1. The molecule has 0 aromatic heterocycles. The van der Waals surface area contributed by atoms with Gasteiger partial charge in [0.15, 0.2) is 11.6 Å². The Kier molecular flexibility index (Phi) is 4.50. The Bertz CT molecular complexity index is 590. The van der Waals surface area contributed by atoms with Gasteiger partial charge in [-0.2, -0.15) is 4.39 Å². The minimum Gasteiger partial charge on any atom is -0.486 e. The molecule has 19 heavy (non-hydrogen) atoms. The summed E-state index contributed by atoms with van der Waals surface area (Å²) in [6, 6.07) is 9.42. The van der Waals surface area contributed by atoms with Gasteiger partial charge in [-0.3, -0.25) is 0 Å². The lowest BCUT2D eigenvalue weighted by Gasteiger charge is -2.10. The average Bonchev–Trinajstić information content (AvgIpc) is 2.41. The first-order chi connectivity index (χ1) is 9.11. The maximum Gasteiger partial charge on any atom is 0.200 e. The molecule has 0 unspecified atom stereocenters. The summed E-state index contributed by atoms with van der Waals surface area (Å²) in [6.45, 7) is 0.587. The van der Waals surface area contributed by atoms with Crippen LogP contribution in [0.5, 0.6) is 5.75 Å². The van der Waals surface area contributed by atoms with Crippen molar-refractivity contribution >= 4 is 15.9 Å². The van der Waals surface area contributed by atoms with Gasteiger partial charge < -0.3 is 10.5 Å². The van der Waals surface area contributed by atoms with Crippen LogP contribution in [0.25, 0.3) is 0 Å². The standard InChI is InChI=1S/C14H12BrF2NO/c15-11-6-9(7-18)4-5-10(11)8-19-13-3-1-2-12(16)14(13)17/h1-6H,7-8,18H2. The topological polar surface area (TPSA) is 35.2 Å². The Morgan fingerprint density at radius 2 is 1.95 bits per heavy atom. The maximum absolute atomic E-state index is 13.4. The lowest BCUT2D eigenvalue weighted by Crippen LogP contribution is -2.01. The first-order valence-corrected chi connectivity index (χ1v) is 6.45. The molecule has 0 fully saturated rings. The van der Waals surface area contributed by atoms with Crippen LogP contribution in [0.4, 0.5) is 8.78 Å². The molecule has 0 aliphatic rings. The number of hydrogen-bond acceptors (Lipinski definition) is 2. The third-order valence-electron chi connectivity index (χ3n) is 2.65. The van der Waals surface area contributed by atoms with Gasteiger partial charge in [0.2, 0.25) is 5.82 Å². The van der Waals surface area contributed by atoms with E-state index in [0.717, 1.165) is 21.7 Å². The van der Waals surface area contributed by atoms with Crippen LogP contribution in [0.15, 0.2) is 40.9 Å². The van der Waals surface area contributed by atoms with Gasteiger partial charge in [0.05, 0.1) is 0 Å². The van der Waals surface area contributed by atoms with Crippen LogP contribution in [-0.2, 0) is 13.2 Å². The van der Waals surface area contributed by atoms with E-state index in [2.05, 4.69) is 15.9 Å². The lowest BCUT2D eigenvalue weighted by molar-refractivity contribution is 0.284. The van der Waals surface area contributed by atoms with Crippen molar-refractivity contribution in [2.45, 2.75) is 13.2 Å². The van der Waals surface area contributed by atoms with Crippen molar-refractivity contribution in [2.24, 2.45) is 5.73 Å². The van der Waals surface area contributed by atoms with Gasteiger partial charge in [-0.05, 0) is 23.8 Å². The molecule has 0 spiro atoms. The molecule has 2 nitrogen and oxygen atoms in total. The van der Waals surface area contributed by atoms with Crippen LogP contribution >= 0.6 is 15.9 Å². The van der Waals surface area contributed by atoms with Crippen LogP contribution in [0.2, 0.25) is 0 Å². The van der Waals surface area contributed by atoms with Gasteiger partial charge in [-0.15, -0.1) is 0 Å². The van der Waals surface area contributed by atoms with Gasteiger partial charge in [0.25, 0.3) is 0 Å². The van der Waals surface area contributed by atoms with Gasteiger partial charge in [-0.25, -0.2) is 4.39 Å². The van der Waals surface area contributed by atoms with Gasteiger partial charge >= 0.3 is 0 Å². The summed E-state index contributed by atoms with van der Waals surface area (Å²) in [5.41, 5.74) is 7.34.